The summed E-state index contributed by atoms with van der Waals surface area (Å²) in [7, 11) is 2.48. The zero-order valence-corrected chi connectivity index (χ0v) is 23.7. The number of nitrogens with one attached hydrogen (secondary N) is 1. The Morgan fingerprint density at radius 3 is 2.56 bits per heavy atom. The second kappa shape index (κ2) is 13.5. The number of carbonyl (C=O) groups is 3. The van der Waals surface area contributed by atoms with Crippen molar-refractivity contribution in [2.45, 2.75) is 31.2 Å². The summed E-state index contributed by atoms with van der Waals surface area (Å²) in [6.45, 7) is 1.34. The molecule has 3 amide bonds. The first-order valence-corrected chi connectivity index (χ1v) is 14.2. The maximum absolute atomic E-state index is 14.2. The molecule has 1 unspecified atom stereocenters. The molecule has 4 rings (SSSR count). The summed E-state index contributed by atoms with van der Waals surface area (Å²) >= 11 is 0.834. The lowest BCUT2D eigenvalue weighted by Crippen LogP contribution is -2.51. The molecule has 1 aromatic heterocycles. The third kappa shape index (κ3) is 7.10. The van der Waals surface area contributed by atoms with E-state index in [0.29, 0.717) is 26.1 Å². The normalized spacial score (nSPS) is 22.9. The zero-order chi connectivity index (χ0) is 29.6. The Kier molecular flexibility index (Phi) is 10.1. The largest absolute Gasteiger partial charge is 0.466 e. The molecule has 13 heteroatoms. The van der Waals surface area contributed by atoms with Gasteiger partial charge >= 0.3 is 12.0 Å². The van der Waals surface area contributed by atoms with Crippen molar-refractivity contribution < 1.29 is 42.5 Å². The van der Waals surface area contributed by atoms with E-state index in [1.165, 1.54) is 13.2 Å². The Labute approximate surface area is 240 Å². The van der Waals surface area contributed by atoms with Crippen LogP contribution in [0.25, 0.3) is 0 Å². The van der Waals surface area contributed by atoms with Crippen LogP contribution in [0.2, 0.25) is 0 Å². The number of quaternary nitrogens is 1. The van der Waals surface area contributed by atoms with Crippen molar-refractivity contribution in [1.82, 2.24) is 15.2 Å². The summed E-state index contributed by atoms with van der Waals surface area (Å²) in [6.07, 6.45) is 3.81. The average molecular weight is 592 g/mol. The number of pyridine rings is 1. The zero-order valence-electron chi connectivity index (χ0n) is 22.8. The first kappa shape index (κ1) is 30.6. The number of benzene rings is 1. The van der Waals surface area contributed by atoms with Crippen LogP contribution < -0.4 is 5.32 Å². The van der Waals surface area contributed by atoms with Gasteiger partial charge in [0.15, 0.2) is 11.6 Å². The molecule has 2 aliphatic rings. The van der Waals surface area contributed by atoms with Gasteiger partial charge < -0.3 is 14.8 Å². The molecule has 0 radical (unpaired) electrons. The first-order valence-electron chi connectivity index (χ1n) is 13.2. The monoisotopic (exact) mass is 591 g/mol. The number of aromatic nitrogens is 1. The van der Waals surface area contributed by atoms with E-state index in [2.05, 4.69) is 10.3 Å². The predicted molar refractivity (Wildman–Crippen MR) is 146 cm³/mol. The molecule has 0 aliphatic carbocycles. The molecule has 1 saturated heterocycles. The van der Waals surface area contributed by atoms with Crippen molar-refractivity contribution in [3.63, 3.8) is 0 Å². The molecular weight excluding hydrogens is 558 g/mol. The maximum atomic E-state index is 14.2. The lowest BCUT2D eigenvalue weighted by molar-refractivity contribution is -1.10. The van der Waals surface area contributed by atoms with Crippen LogP contribution in [0.1, 0.15) is 42.5 Å². The summed E-state index contributed by atoms with van der Waals surface area (Å²) in [5.74, 6) is -2.62. The van der Waals surface area contributed by atoms with E-state index >= 15 is 0 Å². The van der Waals surface area contributed by atoms with Gasteiger partial charge in [-0.05, 0) is 29.8 Å². The van der Waals surface area contributed by atoms with Gasteiger partial charge in [-0.15, -0.1) is 0 Å². The molecule has 1 fully saturated rings. The number of hydroxylamine groups is 3. The van der Waals surface area contributed by atoms with Gasteiger partial charge in [-0.3, -0.25) is 9.78 Å². The van der Waals surface area contributed by atoms with Crippen molar-refractivity contribution in [1.29, 1.82) is 0 Å². The van der Waals surface area contributed by atoms with Crippen LogP contribution in [0, 0.1) is 11.6 Å². The van der Waals surface area contributed by atoms with Gasteiger partial charge in [-0.1, -0.05) is 23.9 Å². The lowest BCUT2D eigenvalue weighted by Gasteiger charge is -2.37. The number of hydrogen-bond donors (Lipinski definition) is 2. The quantitative estimate of drug-likeness (QED) is 0.248. The molecule has 10 nitrogen and oxygen atoms in total. The third-order valence-corrected chi connectivity index (χ3v) is 8.26. The highest BCUT2D eigenvalue weighted by atomic mass is 32.2. The second-order valence-electron chi connectivity index (χ2n) is 9.96. The fourth-order valence-electron chi connectivity index (χ4n) is 5.23. The van der Waals surface area contributed by atoms with E-state index in [4.69, 9.17) is 9.47 Å². The summed E-state index contributed by atoms with van der Waals surface area (Å²) in [5, 5.41) is 12.8. The third-order valence-electron chi connectivity index (χ3n) is 7.32. The second-order valence-corrected chi connectivity index (χ2v) is 11.0. The molecule has 0 saturated carbocycles. The smallest absolute Gasteiger partial charge is 0.338 e. The minimum absolute atomic E-state index is 0.0114. The number of likely N-dealkylation sites (tertiary alicyclic amines) is 1. The fraction of sp³-hybridized carbons (Fsp3) is 0.429. The van der Waals surface area contributed by atoms with Crippen molar-refractivity contribution in [3.8, 4) is 0 Å². The van der Waals surface area contributed by atoms with Crippen molar-refractivity contribution in [2.75, 3.05) is 46.2 Å². The summed E-state index contributed by atoms with van der Waals surface area (Å²) in [5.41, 5.74) is 0.945. The number of rotatable bonds is 9. The van der Waals surface area contributed by atoms with Gasteiger partial charge in [0.1, 0.15) is 25.7 Å². The van der Waals surface area contributed by atoms with Crippen LogP contribution in [0.15, 0.2) is 53.9 Å². The van der Waals surface area contributed by atoms with E-state index in [9.17, 15) is 28.4 Å². The molecule has 220 valence electrons. The topological polar surface area (TPSA) is 118 Å². The maximum Gasteiger partial charge on any atom is 0.338 e. The van der Waals surface area contributed by atoms with Gasteiger partial charge in [-0.25, -0.2) is 28.5 Å². The number of hydrogen-bond acceptors (Lipinski definition) is 8. The molecule has 2 aromatic rings. The van der Waals surface area contributed by atoms with Crippen LogP contribution in [0.4, 0.5) is 18.4 Å². The Morgan fingerprint density at radius 2 is 1.93 bits per heavy atom. The van der Waals surface area contributed by atoms with Crippen LogP contribution in [-0.2, 0) is 14.3 Å². The number of imide groups is 1. The van der Waals surface area contributed by atoms with Crippen LogP contribution in [0.3, 0.4) is 0 Å². The first-order chi connectivity index (χ1) is 19.7. The number of esters is 1. The van der Waals surface area contributed by atoms with Crippen molar-refractivity contribution in [2.24, 2.45) is 0 Å². The number of piperidine rings is 1. The van der Waals surface area contributed by atoms with Crippen LogP contribution in [-0.4, -0.2) is 83.2 Å². The number of nitrogens with zero attached hydrogens (tertiary/aromatic N) is 3. The van der Waals surface area contributed by atoms with E-state index in [1.807, 2.05) is 18.2 Å². The Hall–Kier alpha value is -3.39. The van der Waals surface area contributed by atoms with Gasteiger partial charge in [0.2, 0.25) is 0 Å². The molecule has 3 heterocycles. The molecule has 2 N–H and O–H groups in total. The number of urea groups is 1. The van der Waals surface area contributed by atoms with E-state index in [1.54, 1.807) is 6.20 Å². The number of ether oxygens (including phenoxy) is 2. The predicted octanol–water partition coefficient (Wildman–Crippen LogP) is 4.53. The average Bonchev–Trinajstić information content (AvgIpc) is 2.97. The molecule has 0 spiro atoms. The van der Waals surface area contributed by atoms with Crippen LogP contribution in [0.5, 0.6) is 0 Å². The summed E-state index contributed by atoms with van der Waals surface area (Å²) in [6, 6.07) is 6.49. The molecule has 1 aromatic carbocycles. The van der Waals surface area contributed by atoms with Gasteiger partial charge in [0.05, 0.1) is 25.0 Å². The molecule has 1 atom stereocenters. The van der Waals surface area contributed by atoms with Crippen molar-refractivity contribution >= 4 is 29.0 Å². The number of methoxy groups -OCH3 is 2. The minimum atomic E-state index is -1.38. The van der Waals surface area contributed by atoms with E-state index in [-0.39, 0.29) is 39.8 Å². The lowest BCUT2D eigenvalue weighted by atomic mass is 9.92. The Balaban J connectivity index is 1.45. The fourth-order valence-corrected chi connectivity index (χ4v) is 6.01. The highest BCUT2D eigenvalue weighted by Gasteiger charge is 2.43. The van der Waals surface area contributed by atoms with E-state index in [0.717, 1.165) is 54.4 Å². The minimum Gasteiger partial charge on any atom is -0.466 e. The number of carbonyl (C=O) groups excluding carboxylic acids is 3. The SMILES string of the molecule is COCC1=C(C(=O)OC)C(c2ccc(F)c(F)c2)N(C(=O)SCCC[N+]2(O)CCC(c3ccccn3)CC2)C(=O)N1. The number of amides is 3. The number of halogens is 2. The standard InChI is InChI=1S/C28H32F2N4O6S/c1-39-17-23-24(26(35)40-2)25(19-7-8-20(29)21(30)16-19)33(27(36)32-23)28(37)41-15-5-12-34(38)13-9-18(10-14-34)22-6-3-4-11-31-22/h3-4,6-8,11,16,18,25,38H,5,9-10,12-15,17H2,1-2H3/p+1. The Morgan fingerprint density at radius 1 is 1.17 bits per heavy atom. The number of thioether (sulfide) groups is 1. The van der Waals surface area contributed by atoms with Crippen LogP contribution >= 0.6 is 11.8 Å². The van der Waals surface area contributed by atoms with E-state index < -0.39 is 34.9 Å². The highest BCUT2D eigenvalue weighted by molar-refractivity contribution is 8.13. The summed E-state index contributed by atoms with van der Waals surface area (Å²) in [4.78, 5) is 44.5. The van der Waals surface area contributed by atoms with Gasteiger partial charge in [-0.2, -0.15) is 4.65 Å². The van der Waals surface area contributed by atoms with Gasteiger partial charge in [0, 0.05) is 49.9 Å². The van der Waals surface area contributed by atoms with Crippen molar-refractivity contribution in [3.05, 3.63) is 76.8 Å². The molecule has 2 aliphatic heterocycles. The molecular formula is C28H33F2N4O6S+. The Bertz CT molecular complexity index is 1300. The molecule has 0 bridgehead atoms. The molecule has 41 heavy (non-hydrogen) atoms. The van der Waals surface area contributed by atoms with Gasteiger partial charge in [0.25, 0.3) is 5.24 Å². The summed E-state index contributed by atoms with van der Waals surface area (Å²) < 4.78 is 37.8. The highest BCUT2D eigenvalue weighted by Crippen LogP contribution is 2.37.